The van der Waals surface area contributed by atoms with Crippen molar-refractivity contribution >= 4 is 11.6 Å². The molecule has 4 rings (SSSR count). The Bertz CT molecular complexity index is 1040. The van der Waals surface area contributed by atoms with Gasteiger partial charge in [0.15, 0.2) is 5.82 Å². The van der Waals surface area contributed by atoms with Crippen LogP contribution >= 0.6 is 0 Å². The van der Waals surface area contributed by atoms with Crippen molar-refractivity contribution in [1.29, 1.82) is 0 Å². The number of imidazole rings is 1. The second-order valence-corrected chi connectivity index (χ2v) is 7.16. The van der Waals surface area contributed by atoms with Crippen molar-refractivity contribution in [2.45, 2.75) is 26.2 Å². The minimum atomic E-state index is -0.528. The highest BCUT2D eigenvalue weighted by Gasteiger charge is 2.42. The Morgan fingerprint density at radius 3 is 2.65 bits per heavy atom. The van der Waals surface area contributed by atoms with Crippen molar-refractivity contribution < 1.29 is 9.18 Å². The van der Waals surface area contributed by atoms with Crippen LogP contribution in [0.25, 0.3) is 16.9 Å². The number of hydrogen-bond acceptors (Lipinski definition) is 3. The summed E-state index contributed by atoms with van der Waals surface area (Å²) in [7, 11) is 1.79. The third-order valence-corrected chi connectivity index (χ3v) is 5.00. The number of likely N-dealkylation sites (N-methyl/N-ethyl adjacent to an activating group) is 1. The molecule has 0 unspecified atom stereocenters. The Morgan fingerprint density at radius 1 is 1.12 bits per heavy atom. The number of carbonyl (C=O) groups excluding carboxylic acids is 1. The average Bonchev–Trinajstić information content (AvgIpc) is 3.17. The van der Waals surface area contributed by atoms with E-state index in [1.54, 1.807) is 35.1 Å². The van der Waals surface area contributed by atoms with Gasteiger partial charge in [0, 0.05) is 30.2 Å². The summed E-state index contributed by atoms with van der Waals surface area (Å²) in [5, 5.41) is 0. The summed E-state index contributed by atoms with van der Waals surface area (Å²) in [6.07, 6.45) is 4.57. The predicted octanol–water partition coefficient (Wildman–Crippen LogP) is 3.64. The van der Waals surface area contributed by atoms with Crippen LogP contribution in [0.2, 0.25) is 0 Å². The van der Waals surface area contributed by atoms with Crippen LogP contribution < -0.4 is 4.90 Å². The van der Waals surface area contributed by atoms with E-state index in [1.165, 1.54) is 6.20 Å². The highest BCUT2D eigenvalue weighted by atomic mass is 19.1. The maximum absolute atomic E-state index is 14.1. The monoisotopic (exact) mass is 350 g/mol. The van der Waals surface area contributed by atoms with Crippen LogP contribution in [0.15, 0.2) is 43.0 Å². The van der Waals surface area contributed by atoms with Gasteiger partial charge in [-0.25, -0.2) is 9.37 Å². The van der Waals surface area contributed by atoms with Crippen molar-refractivity contribution in [3.63, 3.8) is 0 Å². The molecule has 6 heteroatoms. The molecule has 3 aromatic rings. The molecule has 0 aliphatic carbocycles. The molecule has 5 nitrogen and oxygen atoms in total. The lowest BCUT2D eigenvalue weighted by molar-refractivity contribution is -0.121. The Kier molecular flexibility index (Phi) is 3.47. The number of nitrogens with zero attached hydrogens (tertiary/aromatic N) is 4. The van der Waals surface area contributed by atoms with Crippen LogP contribution in [0, 0.1) is 12.7 Å². The minimum absolute atomic E-state index is 0.0736. The first-order chi connectivity index (χ1) is 12.3. The van der Waals surface area contributed by atoms with Crippen molar-refractivity contribution in [2.75, 3.05) is 11.9 Å². The number of amides is 1. The molecule has 0 spiro atoms. The minimum Gasteiger partial charge on any atom is -0.314 e. The fourth-order valence-electron chi connectivity index (χ4n) is 3.47. The second-order valence-electron chi connectivity index (χ2n) is 7.16. The Labute approximate surface area is 151 Å². The Balaban J connectivity index is 1.76. The van der Waals surface area contributed by atoms with Gasteiger partial charge < -0.3 is 9.47 Å². The fraction of sp³-hybridized carbons (Fsp3) is 0.250. The van der Waals surface area contributed by atoms with Crippen LogP contribution in [0.1, 0.15) is 25.1 Å². The molecule has 0 saturated carbocycles. The molecule has 0 radical (unpaired) electrons. The zero-order valence-electron chi connectivity index (χ0n) is 15.1. The molecular weight excluding hydrogens is 331 g/mol. The number of benzene rings is 1. The Hall–Kier alpha value is -3.02. The van der Waals surface area contributed by atoms with Gasteiger partial charge in [-0.3, -0.25) is 9.78 Å². The lowest BCUT2D eigenvalue weighted by Crippen LogP contribution is -2.33. The number of anilines is 1. The number of fused-ring (bicyclic) bond motifs is 1. The highest BCUT2D eigenvalue weighted by molar-refractivity contribution is 6.07. The lowest BCUT2D eigenvalue weighted by atomic mass is 9.86. The molecule has 3 heterocycles. The molecule has 132 valence electrons. The highest BCUT2D eigenvalue weighted by Crippen LogP contribution is 2.42. The fourth-order valence-corrected chi connectivity index (χ4v) is 3.47. The summed E-state index contributed by atoms with van der Waals surface area (Å²) in [5.74, 6) is -0.329. The largest absolute Gasteiger partial charge is 0.314 e. The van der Waals surface area contributed by atoms with E-state index in [0.717, 1.165) is 22.5 Å². The van der Waals surface area contributed by atoms with E-state index in [4.69, 9.17) is 0 Å². The maximum atomic E-state index is 14.1. The van der Waals surface area contributed by atoms with Crippen molar-refractivity contribution in [2.24, 2.45) is 0 Å². The van der Waals surface area contributed by atoms with E-state index in [-0.39, 0.29) is 5.91 Å². The van der Waals surface area contributed by atoms with E-state index in [9.17, 15) is 9.18 Å². The number of pyridine rings is 1. The zero-order chi connectivity index (χ0) is 18.6. The van der Waals surface area contributed by atoms with E-state index < -0.39 is 11.2 Å². The van der Waals surface area contributed by atoms with E-state index in [1.807, 2.05) is 39.0 Å². The van der Waals surface area contributed by atoms with Gasteiger partial charge in [-0.2, -0.15) is 0 Å². The number of rotatable bonds is 2. The maximum Gasteiger partial charge on any atom is 0.236 e. The first kappa shape index (κ1) is 16.4. The molecule has 1 aliphatic rings. The van der Waals surface area contributed by atoms with Gasteiger partial charge in [-0.15, -0.1) is 0 Å². The smallest absolute Gasteiger partial charge is 0.236 e. The summed E-state index contributed by atoms with van der Waals surface area (Å²) in [6, 6.07) is 7.57. The standard InChI is InChI=1S/C20H19FN4O/c1-12-7-18(15(21)9-22-12)25-10-16(23-11-25)13-5-6-14-17(8-13)24(4)19(26)20(14,2)3/h5-11H,1-4H3. The summed E-state index contributed by atoms with van der Waals surface area (Å²) in [4.78, 5) is 22.5. The molecule has 0 saturated heterocycles. The van der Waals surface area contributed by atoms with Gasteiger partial charge >= 0.3 is 0 Å². The molecular formula is C20H19FN4O. The predicted molar refractivity (Wildman–Crippen MR) is 97.9 cm³/mol. The van der Waals surface area contributed by atoms with Gasteiger partial charge in [-0.1, -0.05) is 12.1 Å². The third kappa shape index (κ3) is 2.33. The number of halogens is 1. The van der Waals surface area contributed by atoms with Crippen molar-refractivity contribution in [3.8, 4) is 16.9 Å². The van der Waals surface area contributed by atoms with Crippen LogP contribution in [0.3, 0.4) is 0 Å². The van der Waals surface area contributed by atoms with Gasteiger partial charge in [0.25, 0.3) is 0 Å². The van der Waals surface area contributed by atoms with E-state index in [0.29, 0.717) is 11.4 Å². The number of aromatic nitrogens is 3. The van der Waals surface area contributed by atoms with Gasteiger partial charge in [0.05, 0.1) is 23.0 Å². The van der Waals surface area contributed by atoms with Crippen LogP contribution in [-0.4, -0.2) is 27.5 Å². The number of aryl methyl sites for hydroxylation is 1. The summed E-state index contributed by atoms with van der Waals surface area (Å²) < 4.78 is 15.7. The normalized spacial score (nSPS) is 15.4. The quantitative estimate of drug-likeness (QED) is 0.709. The molecule has 0 N–H and O–H groups in total. The SMILES string of the molecule is Cc1cc(-n2cnc(-c3ccc4c(c3)N(C)C(=O)C4(C)C)c2)c(F)cn1. The third-order valence-electron chi connectivity index (χ3n) is 5.00. The van der Waals surface area contributed by atoms with Gasteiger partial charge in [0.2, 0.25) is 5.91 Å². The van der Waals surface area contributed by atoms with Crippen LogP contribution in [-0.2, 0) is 10.2 Å². The van der Waals surface area contributed by atoms with E-state index in [2.05, 4.69) is 9.97 Å². The van der Waals surface area contributed by atoms with Crippen molar-refractivity contribution in [3.05, 3.63) is 60.1 Å². The number of hydrogen-bond donors (Lipinski definition) is 0. The zero-order valence-corrected chi connectivity index (χ0v) is 15.1. The van der Waals surface area contributed by atoms with Crippen LogP contribution in [0.4, 0.5) is 10.1 Å². The average molecular weight is 350 g/mol. The summed E-state index contributed by atoms with van der Waals surface area (Å²) >= 11 is 0. The van der Waals surface area contributed by atoms with Crippen molar-refractivity contribution in [1.82, 2.24) is 14.5 Å². The first-order valence-corrected chi connectivity index (χ1v) is 8.38. The molecule has 26 heavy (non-hydrogen) atoms. The molecule has 1 aromatic carbocycles. The topological polar surface area (TPSA) is 51.0 Å². The molecule has 2 aromatic heterocycles. The molecule has 1 amide bonds. The first-order valence-electron chi connectivity index (χ1n) is 8.38. The van der Waals surface area contributed by atoms with Crippen LogP contribution in [0.5, 0.6) is 0 Å². The van der Waals surface area contributed by atoms with Gasteiger partial charge in [0.1, 0.15) is 6.33 Å². The number of carbonyl (C=O) groups is 1. The molecule has 0 bridgehead atoms. The molecule has 0 fully saturated rings. The summed E-state index contributed by atoms with van der Waals surface area (Å²) in [6.45, 7) is 5.68. The molecule has 0 atom stereocenters. The van der Waals surface area contributed by atoms with Gasteiger partial charge in [-0.05, 0) is 38.5 Å². The Morgan fingerprint density at radius 2 is 1.88 bits per heavy atom. The lowest BCUT2D eigenvalue weighted by Gasteiger charge is -2.16. The molecule has 1 aliphatic heterocycles. The van der Waals surface area contributed by atoms with E-state index >= 15 is 0 Å². The second kappa shape index (κ2) is 5.49. The summed E-state index contributed by atoms with van der Waals surface area (Å²) in [5.41, 5.74) is 4.10.